The van der Waals surface area contributed by atoms with Crippen LogP contribution in [-0.4, -0.2) is 21.2 Å². The third-order valence-corrected chi connectivity index (χ3v) is 3.38. The van der Waals surface area contributed by atoms with E-state index in [0.717, 1.165) is 0 Å². The summed E-state index contributed by atoms with van der Waals surface area (Å²) in [5.74, 6) is -0.798. The van der Waals surface area contributed by atoms with Crippen molar-refractivity contribution in [1.82, 2.24) is 5.32 Å². The fourth-order valence-electron chi connectivity index (χ4n) is 1.55. The average Bonchev–Trinajstić information content (AvgIpc) is 2.15. The first kappa shape index (κ1) is 13.9. The second kappa shape index (κ2) is 5.46. The summed E-state index contributed by atoms with van der Waals surface area (Å²) in [7, 11) is 3.58. The molecule has 0 saturated carbocycles. The molecule has 2 unspecified atom stereocenters. The Bertz CT molecular complexity index is 439. The van der Waals surface area contributed by atoms with Gasteiger partial charge in [-0.05, 0) is 23.7 Å². The van der Waals surface area contributed by atoms with Gasteiger partial charge in [-0.1, -0.05) is 18.2 Å². The molecule has 94 valence electrons. The van der Waals surface area contributed by atoms with Gasteiger partial charge in [0, 0.05) is 5.56 Å². The summed E-state index contributed by atoms with van der Waals surface area (Å²) in [4.78, 5) is 10.7. The van der Waals surface area contributed by atoms with Crippen LogP contribution in [0.3, 0.4) is 0 Å². The van der Waals surface area contributed by atoms with Crippen LogP contribution in [0, 0.1) is 5.82 Å². The van der Waals surface area contributed by atoms with Crippen LogP contribution in [0.15, 0.2) is 24.3 Å². The SMILES string of the molecule is CC(CS(=O)Cl)(NC(=O)O)c1ccccc1F. The number of rotatable bonds is 4. The van der Waals surface area contributed by atoms with Crippen LogP contribution in [0.2, 0.25) is 0 Å². The molecule has 17 heavy (non-hydrogen) atoms. The number of carbonyl (C=O) groups is 1. The van der Waals surface area contributed by atoms with Gasteiger partial charge in [0.1, 0.15) is 15.8 Å². The number of hydrogen-bond acceptors (Lipinski definition) is 2. The van der Waals surface area contributed by atoms with Crippen LogP contribution in [0.1, 0.15) is 12.5 Å². The van der Waals surface area contributed by atoms with Crippen LogP contribution in [-0.2, 0) is 15.6 Å². The summed E-state index contributed by atoms with van der Waals surface area (Å²) in [5, 5.41) is 10.9. The molecule has 7 heteroatoms. The van der Waals surface area contributed by atoms with Crippen molar-refractivity contribution in [2.24, 2.45) is 0 Å². The lowest BCUT2D eigenvalue weighted by atomic mass is 9.94. The van der Waals surface area contributed by atoms with Gasteiger partial charge in [-0.2, -0.15) is 0 Å². The second-order valence-electron chi connectivity index (χ2n) is 3.68. The van der Waals surface area contributed by atoms with E-state index in [1.807, 2.05) is 0 Å². The van der Waals surface area contributed by atoms with Crippen LogP contribution >= 0.6 is 10.7 Å². The third kappa shape index (κ3) is 3.67. The number of hydrogen-bond donors (Lipinski definition) is 2. The summed E-state index contributed by atoms with van der Waals surface area (Å²) in [6.07, 6.45) is -1.34. The highest BCUT2D eigenvalue weighted by Crippen LogP contribution is 2.25. The molecule has 2 N–H and O–H groups in total. The molecule has 0 radical (unpaired) electrons. The van der Waals surface area contributed by atoms with Crippen molar-refractivity contribution in [2.75, 3.05) is 5.75 Å². The van der Waals surface area contributed by atoms with Gasteiger partial charge in [-0.25, -0.2) is 13.4 Å². The number of carboxylic acid groups (broad SMARTS) is 1. The minimum Gasteiger partial charge on any atom is -0.465 e. The molecule has 0 aliphatic heterocycles. The molecule has 1 aromatic rings. The molecule has 1 aromatic carbocycles. The molecule has 0 aromatic heterocycles. The maximum atomic E-state index is 13.6. The molecule has 1 amide bonds. The summed E-state index contributed by atoms with van der Waals surface area (Å²) in [5.41, 5.74) is -1.22. The lowest BCUT2D eigenvalue weighted by Crippen LogP contribution is -2.46. The third-order valence-electron chi connectivity index (χ3n) is 2.25. The standard InChI is InChI=1S/C10H11ClFNO3S/c1-10(6-17(11)16,13-9(14)15)7-4-2-3-5-8(7)12/h2-5,13H,6H2,1H3,(H,14,15). The van der Waals surface area contributed by atoms with Crippen LogP contribution in [0.5, 0.6) is 0 Å². The lowest BCUT2D eigenvalue weighted by Gasteiger charge is -2.28. The Balaban J connectivity index is 3.18. The Morgan fingerprint density at radius 3 is 2.65 bits per heavy atom. The van der Waals surface area contributed by atoms with E-state index in [1.165, 1.54) is 25.1 Å². The predicted molar refractivity (Wildman–Crippen MR) is 63.8 cm³/mol. The smallest absolute Gasteiger partial charge is 0.405 e. The van der Waals surface area contributed by atoms with Crippen LogP contribution in [0.4, 0.5) is 9.18 Å². The fraction of sp³-hybridized carbons (Fsp3) is 0.300. The second-order valence-corrected chi connectivity index (χ2v) is 5.58. The fourth-order valence-corrected chi connectivity index (χ4v) is 2.89. The van der Waals surface area contributed by atoms with Gasteiger partial charge in [0.25, 0.3) is 0 Å². The monoisotopic (exact) mass is 279 g/mol. The van der Waals surface area contributed by atoms with Crippen molar-refractivity contribution in [3.8, 4) is 0 Å². The molecule has 1 rings (SSSR count). The minimum absolute atomic E-state index is 0.108. The van der Waals surface area contributed by atoms with Gasteiger partial charge < -0.3 is 10.4 Å². The zero-order valence-corrected chi connectivity index (χ0v) is 10.5. The van der Waals surface area contributed by atoms with Crippen molar-refractivity contribution in [1.29, 1.82) is 0 Å². The van der Waals surface area contributed by atoms with Gasteiger partial charge >= 0.3 is 6.09 Å². The predicted octanol–water partition coefficient (Wildman–Crippen LogP) is 2.21. The first-order valence-corrected chi connectivity index (χ1v) is 6.80. The van der Waals surface area contributed by atoms with Crippen molar-refractivity contribution in [3.05, 3.63) is 35.6 Å². The molecular weight excluding hydrogens is 269 g/mol. The summed E-state index contributed by atoms with van der Waals surface area (Å²) < 4.78 is 24.7. The van der Waals surface area contributed by atoms with Crippen LogP contribution in [0.25, 0.3) is 0 Å². The van der Waals surface area contributed by atoms with Gasteiger partial charge in [-0.15, -0.1) is 0 Å². The van der Waals surface area contributed by atoms with Crippen LogP contribution < -0.4 is 5.32 Å². The van der Waals surface area contributed by atoms with Gasteiger partial charge in [-0.3, -0.25) is 0 Å². The first-order chi connectivity index (χ1) is 7.85. The molecule has 0 saturated heterocycles. The van der Waals surface area contributed by atoms with Crippen molar-refractivity contribution in [2.45, 2.75) is 12.5 Å². The quantitative estimate of drug-likeness (QED) is 0.831. The van der Waals surface area contributed by atoms with Crippen molar-refractivity contribution >= 4 is 26.8 Å². The Morgan fingerprint density at radius 1 is 1.59 bits per heavy atom. The number of halogens is 2. The van der Waals surface area contributed by atoms with E-state index < -0.39 is 27.5 Å². The topological polar surface area (TPSA) is 66.4 Å². The molecule has 0 heterocycles. The molecule has 0 aliphatic carbocycles. The number of benzene rings is 1. The maximum absolute atomic E-state index is 13.6. The zero-order chi connectivity index (χ0) is 13.1. The van der Waals surface area contributed by atoms with Crippen molar-refractivity contribution in [3.63, 3.8) is 0 Å². The number of nitrogens with one attached hydrogen (secondary N) is 1. The molecule has 0 aliphatic rings. The molecule has 0 spiro atoms. The summed E-state index contributed by atoms with van der Waals surface area (Å²) in [6, 6.07) is 5.68. The molecular formula is C10H11ClFNO3S. The Labute approximate surface area is 105 Å². The van der Waals surface area contributed by atoms with E-state index in [2.05, 4.69) is 5.32 Å². The Hall–Kier alpha value is -1.14. The summed E-state index contributed by atoms with van der Waals surface area (Å²) in [6.45, 7) is 1.43. The van der Waals surface area contributed by atoms with E-state index in [9.17, 15) is 13.4 Å². The highest BCUT2D eigenvalue weighted by Gasteiger charge is 2.33. The van der Waals surface area contributed by atoms with Gasteiger partial charge in [0.05, 0.1) is 11.3 Å². The van der Waals surface area contributed by atoms with E-state index in [1.54, 1.807) is 6.07 Å². The van der Waals surface area contributed by atoms with E-state index in [4.69, 9.17) is 15.8 Å². The summed E-state index contributed by atoms with van der Waals surface area (Å²) >= 11 is 0. The highest BCUT2D eigenvalue weighted by atomic mass is 35.7. The maximum Gasteiger partial charge on any atom is 0.405 e. The highest BCUT2D eigenvalue weighted by molar-refractivity contribution is 8.08. The van der Waals surface area contributed by atoms with E-state index in [0.29, 0.717) is 0 Å². The molecule has 0 fully saturated rings. The number of amides is 1. The average molecular weight is 280 g/mol. The van der Waals surface area contributed by atoms with Crippen molar-refractivity contribution < 1.29 is 18.5 Å². The Morgan fingerprint density at radius 2 is 2.18 bits per heavy atom. The molecule has 4 nitrogen and oxygen atoms in total. The first-order valence-electron chi connectivity index (χ1n) is 4.66. The minimum atomic E-state index is -1.78. The van der Waals surface area contributed by atoms with E-state index >= 15 is 0 Å². The lowest BCUT2D eigenvalue weighted by molar-refractivity contribution is 0.182. The molecule has 0 bridgehead atoms. The molecule has 2 atom stereocenters. The zero-order valence-electron chi connectivity index (χ0n) is 8.94. The van der Waals surface area contributed by atoms with Gasteiger partial charge in [0.15, 0.2) is 0 Å². The van der Waals surface area contributed by atoms with Gasteiger partial charge in [0.2, 0.25) is 0 Å². The largest absolute Gasteiger partial charge is 0.465 e. The normalized spacial score (nSPS) is 15.9. The van der Waals surface area contributed by atoms with E-state index in [-0.39, 0.29) is 11.3 Å². The Kier molecular flexibility index (Phi) is 4.47.